The summed E-state index contributed by atoms with van der Waals surface area (Å²) < 4.78 is 0. The van der Waals surface area contributed by atoms with Crippen LogP contribution in [0.25, 0.3) is 11.1 Å². The van der Waals surface area contributed by atoms with E-state index in [0.717, 1.165) is 35.3 Å². The SMILES string of the molecule is CC(=O)N1CCc2cc(-c3ccc(C(=O)NCc4ccc(Cl)cc4)cc3)ccc21. The maximum Gasteiger partial charge on any atom is 0.251 e. The average molecular weight is 405 g/mol. The van der Waals surface area contributed by atoms with E-state index >= 15 is 0 Å². The number of anilines is 1. The first-order valence-electron chi connectivity index (χ1n) is 9.55. The third-order valence-corrected chi connectivity index (χ3v) is 5.45. The summed E-state index contributed by atoms with van der Waals surface area (Å²) in [4.78, 5) is 25.9. The minimum Gasteiger partial charge on any atom is -0.348 e. The summed E-state index contributed by atoms with van der Waals surface area (Å²) in [5.74, 6) is -0.0389. The first kappa shape index (κ1) is 19.2. The van der Waals surface area contributed by atoms with Crippen molar-refractivity contribution in [1.29, 1.82) is 0 Å². The van der Waals surface area contributed by atoms with Crippen molar-refractivity contribution in [3.8, 4) is 11.1 Å². The second-order valence-corrected chi connectivity index (χ2v) is 7.59. The molecule has 5 heteroatoms. The molecule has 3 aromatic carbocycles. The number of halogens is 1. The lowest BCUT2D eigenvalue weighted by Crippen LogP contribution is -2.25. The van der Waals surface area contributed by atoms with Gasteiger partial charge in [-0.3, -0.25) is 9.59 Å². The number of hydrogen-bond donors (Lipinski definition) is 1. The standard InChI is InChI=1S/C24H21ClN2O2/c1-16(28)27-13-12-21-14-20(8-11-23(21)27)18-4-6-19(7-5-18)24(29)26-15-17-2-9-22(25)10-3-17/h2-11,14H,12-13,15H2,1H3,(H,26,29). The Labute approximate surface area is 175 Å². The van der Waals surface area contributed by atoms with Gasteiger partial charge in [0.05, 0.1) is 0 Å². The van der Waals surface area contributed by atoms with Gasteiger partial charge in [-0.15, -0.1) is 0 Å². The highest BCUT2D eigenvalue weighted by atomic mass is 35.5. The fraction of sp³-hybridized carbons (Fsp3) is 0.167. The Morgan fingerprint density at radius 2 is 1.66 bits per heavy atom. The molecular formula is C24H21ClN2O2. The number of nitrogens with one attached hydrogen (secondary N) is 1. The van der Waals surface area contributed by atoms with Crippen molar-refractivity contribution in [1.82, 2.24) is 5.32 Å². The molecule has 0 aromatic heterocycles. The van der Waals surface area contributed by atoms with E-state index in [1.807, 2.05) is 65.6 Å². The van der Waals surface area contributed by atoms with Crippen LogP contribution in [0.4, 0.5) is 5.69 Å². The number of carbonyl (C=O) groups is 2. The molecule has 146 valence electrons. The Kier molecular flexibility index (Phi) is 5.36. The van der Waals surface area contributed by atoms with Crippen molar-refractivity contribution in [2.24, 2.45) is 0 Å². The normalized spacial score (nSPS) is 12.6. The summed E-state index contributed by atoms with van der Waals surface area (Å²) in [5, 5.41) is 3.60. The van der Waals surface area contributed by atoms with Crippen LogP contribution in [-0.4, -0.2) is 18.4 Å². The van der Waals surface area contributed by atoms with Gasteiger partial charge in [0.1, 0.15) is 0 Å². The lowest BCUT2D eigenvalue weighted by atomic mass is 10.0. The van der Waals surface area contributed by atoms with Gasteiger partial charge in [-0.2, -0.15) is 0 Å². The van der Waals surface area contributed by atoms with E-state index in [4.69, 9.17) is 11.6 Å². The van der Waals surface area contributed by atoms with Gasteiger partial charge in [0.25, 0.3) is 5.91 Å². The second kappa shape index (κ2) is 8.10. The molecule has 1 heterocycles. The smallest absolute Gasteiger partial charge is 0.251 e. The highest BCUT2D eigenvalue weighted by Crippen LogP contribution is 2.32. The zero-order valence-corrected chi connectivity index (χ0v) is 16.9. The highest BCUT2D eigenvalue weighted by molar-refractivity contribution is 6.30. The van der Waals surface area contributed by atoms with Gasteiger partial charge in [0.15, 0.2) is 0 Å². The van der Waals surface area contributed by atoms with E-state index < -0.39 is 0 Å². The van der Waals surface area contributed by atoms with Gasteiger partial charge in [-0.25, -0.2) is 0 Å². The molecule has 0 saturated heterocycles. The first-order chi connectivity index (χ1) is 14.0. The zero-order valence-electron chi connectivity index (χ0n) is 16.1. The largest absolute Gasteiger partial charge is 0.348 e. The summed E-state index contributed by atoms with van der Waals surface area (Å²) in [7, 11) is 0. The Morgan fingerprint density at radius 1 is 0.966 bits per heavy atom. The van der Waals surface area contributed by atoms with Crippen LogP contribution in [0.15, 0.2) is 66.7 Å². The lowest BCUT2D eigenvalue weighted by Gasteiger charge is -2.15. The van der Waals surface area contributed by atoms with Crippen molar-refractivity contribution < 1.29 is 9.59 Å². The van der Waals surface area contributed by atoms with Crippen molar-refractivity contribution in [3.63, 3.8) is 0 Å². The molecule has 1 aliphatic heterocycles. The third-order valence-electron chi connectivity index (χ3n) is 5.20. The molecule has 1 aliphatic rings. The van der Waals surface area contributed by atoms with Gasteiger partial charge in [0.2, 0.25) is 5.91 Å². The number of rotatable bonds is 4. The maximum atomic E-state index is 12.4. The molecule has 29 heavy (non-hydrogen) atoms. The van der Waals surface area contributed by atoms with Gasteiger partial charge >= 0.3 is 0 Å². The average Bonchev–Trinajstić information content (AvgIpc) is 3.17. The Morgan fingerprint density at radius 3 is 2.34 bits per heavy atom. The second-order valence-electron chi connectivity index (χ2n) is 7.15. The van der Waals surface area contributed by atoms with Gasteiger partial charge in [-0.05, 0) is 65.1 Å². The molecule has 0 saturated carbocycles. The van der Waals surface area contributed by atoms with E-state index in [2.05, 4.69) is 11.4 Å². The fourth-order valence-electron chi connectivity index (χ4n) is 3.61. The Bertz CT molecular complexity index is 1060. The van der Waals surface area contributed by atoms with Crippen LogP contribution in [0.3, 0.4) is 0 Å². The number of amides is 2. The molecule has 0 spiro atoms. The topological polar surface area (TPSA) is 49.4 Å². The van der Waals surface area contributed by atoms with Gasteiger partial charge in [0, 0.05) is 36.3 Å². The first-order valence-corrected chi connectivity index (χ1v) is 9.93. The Balaban J connectivity index is 1.44. The predicted octanol–water partition coefficient (Wildman–Crippen LogP) is 4.85. The van der Waals surface area contributed by atoms with Crippen LogP contribution in [-0.2, 0) is 17.8 Å². The highest BCUT2D eigenvalue weighted by Gasteiger charge is 2.22. The molecule has 3 aromatic rings. The van der Waals surface area contributed by atoms with Crippen LogP contribution in [0.5, 0.6) is 0 Å². The monoisotopic (exact) mass is 404 g/mol. The van der Waals surface area contributed by atoms with Crippen LogP contribution >= 0.6 is 11.6 Å². The number of nitrogens with zero attached hydrogens (tertiary/aromatic N) is 1. The fourth-order valence-corrected chi connectivity index (χ4v) is 3.74. The summed E-state index contributed by atoms with van der Waals surface area (Å²) in [6.07, 6.45) is 0.869. The molecule has 4 rings (SSSR count). The van der Waals surface area contributed by atoms with Crippen LogP contribution in [0.1, 0.15) is 28.4 Å². The number of hydrogen-bond acceptors (Lipinski definition) is 2. The Hall–Kier alpha value is -3.11. The molecule has 0 aliphatic carbocycles. The van der Waals surface area contributed by atoms with E-state index in [0.29, 0.717) is 17.1 Å². The summed E-state index contributed by atoms with van der Waals surface area (Å²) in [6.45, 7) is 2.79. The summed E-state index contributed by atoms with van der Waals surface area (Å²) >= 11 is 5.88. The number of fused-ring (bicyclic) bond motifs is 1. The molecule has 4 nitrogen and oxygen atoms in total. The van der Waals surface area contributed by atoms with Crippen molar-refractivity contribution in [2.75, 3.05) is 11.4 Å². The number of benzene rings is 3. The predicted molar refractivity (Wildman–Crippen MR) is 116 cm³/mol. The van der Waals surface area contributed by atoms with Crippen molar-refractivity contribution in [3.05, 3.63) is 88.4 Å². The molecule has 0 radical (unpaired) electrons. The van der Waals surface area contributed by atoms with Crippen LogP contribution < -0.4 is 10.2 Å². The zero-order chi connectivity index (χ0) is 20.4. The van der Waals surface area contributed by atoms with Crippen molar-refractivity contribution in [2.45, 2.75) is 19.9 Å². The molecule has 0 bridgehead atoms. The molecule has 1 N–H and O–H groups in total. The van der Waals surface area contributed by atoms with Gasteiger partial charge in [-0.1, -0.05) is 41.9 Å². The maximum absolute atomic E-state index is 12.4. The lowest BCUT2D eigenvalue weighted by molar-refractivity contribution is -0.116. The third kappa shape index (κ3) is 4.17. The number of carbonyl (C=O) groups excluding carboxylic acids is 2. The van der Waals surface area contributed by atoms with Crippen molar-refractivity contribution >= 4 is 29.1 Å². The van der Waals surface area contributed by atoms with E-state index in [1.54, 1.807) is 6.92 Å². The minimum atomic E-state index is -0.113. The quantitative estimate of drug-likeness (QED) is 0.676. The minimum absolute atomic E-state index is 0.0745. The molecule has 0 fully saturated rings. The van der Waals surface area contributed by atoms with E-state index in [-0.39, 0.29) is 11.8 Å². The van der Waals surface area contributed by atoms with Crippen LogP contribution in [0, 0.1) is 0 Å². The molecular weight excluding hydrogens is 384 g/mol. The molecule has 0 unspecified atom stereocenters. The van der Waals surface area contributed by atoms with E-state index in [9.17, 15) is 9.59 Å². The summed E-state index contributed by atoms with van der Waals surface area (Å²) in [6, 6.07) is 21.2. The molecule has 0 atom stereocenters. The van der Waals surface area contributed by atoms with E-state index in [1.165, 1.54) is 5.56 Å². The van der Waals surface area contributed by atoms with Crippen LogP contribution in [0.2, 0.25) is 5.02 Å². The van der Waals surface area contributed by atoms with Gasteiger partial charge < -0.3 is 10.2 Å². The summed E-state index contributed by atoms with van der Waals surface area (Å²) in [5.41, 5.74) is 5.93. The molecule has 2 amide bonds.